The number of rotatable bonds is 5. The number of aryl methyl sites for hydroxylation is 1. The molecule has 0 aliphatic carbocycles. The van der Waals surface area contributed by atoms with E-state index in [0.29, 0.717) is 25.2 Å². The summed E-state index contributed by atoms with van der Waals surface area (Å²) in [5.74, 6) is 0.636. The number of nitrogens with one attached hydrogen (secondary N) is 1. The third-order valence-electron chi connectivity index (χ3n) is 2.48. The van der Waals surface area contributed by atoms with E-state index in [-0.39, 0.29) is 0 Å². The van der Waals surface area contributed by atoms with Crippen LogP contribution in [0.1, 0.15) is 45.5 Å². The van der Waals surface area contributed by atoms with Crippen LogP contribution in [0.4, 0.5) is 4.79 Å². The van der Waals surface area contributed by atoms with E-state index in [9.17, 15) is 9.90 Å². The summed E-state index contributed by atoms with van der Waals surface area (Å²) in [5.41, 5.74) is -0.490. The standard InChI is InChI=1S/C13H23N3O3/c1-13(2,3)19-12(18)15-7-5-6-10(17)11-14-8-9-16(11)4/h8-10,17H,5-7H2,1-4H3,(H,15,18)/t10-/m1/s1. The predicted molar refractivity (Wildman–Crippen MR) is 71.6 cm³/mol. The van der Waals surface area contributed by atoms with Crippen molar-refractivity contribution < 1.29 is 14.6 Å². The fourth-order valence-corrected chi connectivity index (χ4v) is 1.63. The van der Waals surface area contributed by atoms with Gasteiger partial charge in [-0.05, 0) is 33.6 Å². The largest absolute Gasteiger partial charge is 0.444 e. The number of carbonyl (C=O) groups is 1. The lowest BCUT2D eigenvalue weighted by atomic mass is 10.2. The number of alkyl carbamates (subject to hydrolysis) is 1. The summed E-state index contributed by atoms with van der Waals surface area (Å²) >= 11 is 0. The molecular weight excluding hydrogens is 246 g/mol. The molecule has 19 heavy (non-hydrogen) atoms. The van der Waals surface area contributed by atoms with Crippen LogP contribution in [-0.2, 0) is 11.8 Å². The smallest absolute Gasteiger partial charge is 0.407 e. The van der Waals surface area contributed by atoms with Crippen LogP contribution in [0.5, 0.6) is 0 Å². The van der Waals surface area contributed by atoms with Crippen LogP contribution in [0.3, 0.4) is 0 Å². The van der Waals surface area contributed by atoms with Gasteiger partial charge >= 0.3 is 6.09 Å². The van der Waals surface area contributed by atoms with Gasteiger partial charge in [0.2, 0.25) is 0 Å². The molecule has 0 saturated carbocycles. The van der Waals surface area contributed by atoms with Crippen LogP contribution in [0, 0.1) is 0 Å². The van der Waals surface area contributed by atoms with Crippen molar-refractivity contribution >= 4 is 6.09 Å². The summed E-state index contributed by atoms with van der Waals surface area (Å²) < 4.78 is 6.89. The Kier molecular flexibility index (Phi) is 5.35. The molecule has 0 aliphatic heterocycles. The van der Waals surface area contributed by atoms with Crippen molar-refractivity contribution in [2.75, 3.05) is 6.54 Å². The Labute approximate surface area is 113 Å². The fraction of sp³-hybridized carbons (Fsp3) is 0.692. The maximum absolute atomic E-state index is 11.4. The SMILES string of the molecule is Cn1ccnc1[C@H](O)CCCNC(=O)OC(C)(C)C. The third kappa shape index (κ3) is 5.74. The summed E-state index contributed by atoms with van der Waals surface area (Å²) in [6.45, 7) is 5.92. The van der Waals surface area contributed by atoms with Crippen molar-refractivity contribution in [3.05, 3.63) is 18.2 Å². The van der Waals surface area contributed by atoms with Crippen molar-refractivity contribution in [3.63, 3.8) is 0 Å². The zero-order valence-electron chi connectivity index (χ0n) is 12.0. The van der Waals surface area contributed by atoms with E-state index in [0.717, 1.165) is 0 Å². The fourth-order valence-electron chi connectivity index (χ4n) is 1.63. The second-order valence-electron chi connectivity index (χ2n) is 5.48. The Morgan fingerprint density at radius 1 is 1.58 bits per heavy atom. The molecule has 0 bridgehead atoms. The molecule has 2 N–H and O–H groups in total. The monoisotopic (exact) mass is 269 g/mol. The summed E-state index contributed by atoms with van der Waals surface area (Å²) in [6.07, 6.45) is 3.60. The molecule has 108 valence electrons. The average molecular weight is 269 g/mol. The van der Waals surface area contributed by atoms with Crippen LogP contribution in [0.25, 0.3) is 0 Å². The number of hydrogen-bond acceptors (Lipinski definition) is 4. The van der Waals surface area contributed by atoms with Crippen molar-refractivity contribution in [3.8, 4) is 0 Å². The molecule has 0 aliphatic rings. The van der Waals surface area contributed by atoms with Crippen LogP contribution in [0.2, 0.25) is 0 Å². The minimum absolute atomic E-state index is 0.431. The highest BCUT2D eigenvalue weighted by molar-refractivity contribution is 5.67. The zero-order valence-corrected chi connectivity index (χ0v) is 12.0. The van der Waals surface area contributed by atoms with Gasteiger partial charge in [-0.1, -0.05) is 0 Å². The van der Waals surface area contributed by atoms with E-state index in [2.05, 4.69) is 10.3 Å². The minimum Gasteiger partial charge on any atom is -0.444 e. The molecule has 1 heterocycles. The number of hydrogen-bond donors (Lipinski definition) is 2. The molecule has 6 heteroatoms. The van der Waals surface area contributed by atoms with Crippen LogP contribution >= 0.6 is 0 Å². The molecule has 1 amide bonds. The van der Waals surface area contributed by atoms with Gasteiger partial charge in [-0.3, -0.25) is 0 Å². The second-order valence-corrected chi connectivity index (χ2v) is 5.48. The lowest BCUT2D eigenvalue weighted by molar-refractivity contribution is 0.0523. The van der Waals surface area contributed by atoms with Gasteiger partial charge in [0.25, 0.3) is 0 Å². The van der Waals surface area contributed by atoms with E-state index in [1.165, 1.54) is 0 Å². The average Bonchev–Trinajstić information content (AvgIpc) is 2.68. The minimum atomic E-state index is -0.611. The number of ether oxygens (including phenoxy) is 1. The number of nitrogens with zero attached hydrogens (tertiary/aromatic N) is 2. The quantitative estimate of drug-likeness (QED) is 0.799. The van der Waals surface area contributed by atoms with E-state index < -0.39 is 17.8 Å². The lowest BCUT2D eigenvalue weighted by Crippen LogP contribution is -2.33. The maximum Gasteiger partial charge on any atom is 0.407 e. The summed E-state index contributed by atoms with van der Waals surface area (Å²) in [5, 5.41) is 12.6. The Bertz CT molecular complexity index is 410. The first-order valence-electron chi connectivity index (χ1n) is 6.42. The number of aliphatic hydroxyl groups excluding tert-OH is 1. The first kappa shape index (κ1) is 15.5. The molecule has 0 fully saturated rings. The van der Waals surface area contributed by atoms with Crippen molar-refractivity contribution in [1.29, 1.82) is 0 Å². The second kappa shape index (κ2) is 6.56. The number of aliphatic hydroxyl groups is 1. The topological polar surface area (TPSA) is 76.4 Å². The highest BCUT2D eigenvalue weighted by Gasteiger charge is 2.16. The molecule has 1 aromatic heterocycles. The van der Waals surface area contributed by atoms with Gasteiger partial charge in [-0.2, -0.15) is 0 Å². The molecule has 6 nitrogen and oxygen atoms in total. The van der Waals surface area contributed by atoms with Gasteiger partial charge in [0.05, 0.1) is 0 Å². The first-order valence-corrected chi connectivity index (χ1v) is 6.42. The van der Waals surface area contributed by atoms with Gasteiger partial charge in [0.15, 0.2) is 0 Å². The highest BCUT2D eigenvalue weighted by Crippen LogP contribution is 2.15. The summed E-state index contributed by atoms with van der Waals surface area (Å²) in [6, 6.07) is 0. The third-order valence-corrected chi connectivity index (χ3v) is 2.48. The van der Waals surface area contributed by atoms with Crippen molar-refractivity contribution in [1.82, 2.24) is 14.9 Å². The maximum atomic E-state index is 11.4. The number of imidazole rings is 1. The molecule has 0 radical (unpaired) electrons. The van der Waals surface area contributed by atoms with E-state index in [1.807, 2.05) is 27.8 Å². The molecule has 0 aromatic carbocycles. The first-order chi connectivity index (χ1) is 8.79. The molecule has 0 spiro atoms. The summed E-state index contributed by atoms with van der Waals surface area (Å²) in [4.78, 5) is 15.5. The predicted octanol–water partition coefficient (Wildman–Crippen LogP) is 1.76. The highest BCUT2D eigenvalue weighted by atomic mass is 16.6. The van der Waals surface area contributed by atoms with Gasteiger partial charge in [-0.15, -0.1) is 0 Å². The Morgan fingerprint density at radius 2 is 2.26 bits per heavy atom. The van der Waals surface area contributed by atoms with Gasteiger partial charge < -0.3 is 19.7 Å². The number of aromatic nitrogens is 2. The van der Waals surface area contributed by atoms with Gasteiger partial charge in [0, 0.05) is 26.0 Å². The van der Waals surface area contributed by atoms with Crippen molar-refractivity contribution in [2.45, 2.75) is 45.3 Å². The molecular formula is C13H23N3O3. The van der Waals surface area contributed by atoms with Crippen molar-refractivity contribution in [2.24, 2.45) is 7.05 Å². The molecule has 0 unspecified atom stereocenters. The normalized spacial score (nSPS) is 13.1. The molecule has 1 rings (SSSR count). The summed E-state index contributed by atoms with van der Waals surface area (Å²) in [7, 11) is 1.84. The van der Waals surface area contributed by atoms with E-state index in [4.69, 9.17) is 4.74 Å². The molecule has 1 atom stereocenters. The van der Waals surface area contributed by atoms with Gasteiger partial charge in [0.1, 0.15) is 17.5 Å². The van der Waals surface area contributed by atoms with Gasteiger partial charge in [-0.25, -0.2) is 9.78 Å². The molecule has 0 saturated heterocycles. The number of amides is 1. The Hall–Kier alpha value is -1.56. The lowest BCUT2D eigenvalue weighted by Gasteiger charge is -2.19. The van der Waals surface area contributed by atoms with Crippen LogP contribution in [-0.4, -0.2) is 32.9 Å². The van der Waals surface area contributed by atoms with Crippen LogP contribution in [0.15, 0.2) is 12.4 Å². The zero-order chi connectivity index (χ0) is 14.5. The van der Waals surface area contributed by atoms with Crippen LogP contribution < -0.4 is 5.32 Å². The van der Waals surface area contributed by atoms with E-state index in [1.54, 1.807) is 17.0 Å². The Morgan fingerprint density at radius 3 is 2.79 bits per heavy atom. The Balaban J connectivity index is 2.21. The molecule has 1 aromatic rings. The van der Waals surface area contributed by atoms with E-state index >= 15 is 0 Å². The number of carbonyl (C=O) groups excluding carboxylic acids is 1.